The van der Waals surface area contributed by atoms with Crippen molar-refractivity contribution in [2.75, 3.05) is 19.4 Å². The highest BCUT2D eigenvalue weighted by Crippen LogP contribution is 2.30. The second-order valence-electron chi connectivity index (χ2n) is 7.92. The first-order chi connectivity index (χ1) is 14.8. The number of nitrogens with one attached hydrogen (secondary N) is 2. The van der Waals surface area contributed by atoms with Gasteiger partial charge in [-0.05, 0) is 68.0 Å². The SMILES string of the molecule is CCNC(=NCc1ccc(S(C)(=O)=O)cc1)NC(C)c1ccc(OCC2CC2)c(F)c1.I. The minimum absolute atomic E-state index is 0. The van der Waals surface area contributed by atoms with Crippen molar-refractivity contribution in [3.8, 4) is 5.75 Å². The summed E-state index contributed by atoms with van der Waals surface area (Å²) in [5.41, 5.74) is 1.68. The van der Waals surface area contributed by atoms with Crippen LogP contribution >= 0.6 is 24.0 Å². The van der Waals surface area contributed by atoms with E-state index in [2.05, 4.69) is 15.6 Å². The van der Waals surface area contributed by atoms with Crippen LogP contribution in [0, 0.1) is 11.7 Å². The van der Waals surface area contributed by atoms with Crippen LogP contribution in [0.15, 0.2) is 52.4 Å². The Morgan fingerprint density at radius 1 is 1.22 bits per heavy atom. The van der Waals surface area contributed by atoms with E-state index >= 15 is 0 Å². The van der Waals surface area contributed by atoms with E-state index in [4.69, 9.17) is 4.74 Å². The largest absolute Gasteiger partial charge is 0.490 e. The highest BCUT2D eigenvalue weighted by Gasteiger charge is 2.22. The monoisotopic (exact) mass is 575 g/mol. The first kappa shape index (κ1) is 26.4. The Bertz CT molecular complexity index is 1030. The maximum Gasteiger partial charge on any atom is 0.192 e. The molecule has 0 amide bonds. The molecule has 3 rings (SSSR count). The van der Waals surface area contributed by atoms with Gasteiger partial charge in [0.05, 0.1) is 24.1 Å². The number of halogens is 2. The lowest BCUT2D eigenvalue weighted by atomic mass is 10.1. The number of sulfone groups is 1. The summed E-state index contributed by atoms with van der Waals surface area (Å²) >= 11 is 0. The molecule has 1 saturated carbocycles. The number of rotatable bonds is 9. The van der Waals surface area contributed by atoms with Crippen molar-refractivity contribution in [1.29, 1.82) is 0 Å². The number of benzene rings is 2. The van der Waals surface area contributed by atoms with Crippen molar-refractivity contribution in [3.05, 3.63) is 59.4 Å². The van der Waals surface area contributed by atoms with E-state index in [1.807, 2.05) is 19.9 Å². The Balaban J connectivity index is 0.00000363. The van der Waals surface area contributed by atoms with Gasteiger partial charge in [-0.2, -0.15) is 0 Å². The molecule has 0 aliphatic heterocycles. The van der Waals surface area contributed by atoms with Crippen molar-refractivity contribution in [2.45, 2.75) is 44.2 Å². The third kappa shape index (κ3) is 7.91. The van der Waals surface area contributed by atoms with Crippen molar-refractivity contribution in [3.63, 3.8) is 0 Å². The van der Waals surface area contributed by atoms with Gasteiger partial charge in [0, 0.05) is 12.8 Å². The minimum atomic E-state index is -3.22. The Kier molecular flexibility index (Phi) is 9.75. The van der Waals surface area contributed by atoms with Crippen LogP contribution in [-0.2, 0) is 16.4 Å². The molecule has 0 radical (unpaired) electrons. The van der Waals surface area contributed by atoms with Crippen LogP contribution in [0.4, 0.5) is 4.39 Å². The number of nitrogens with zero attached hydrogens (tertiary/aromatic N) is 1. The summed E-state index contributed by atoms with van der Waals surface area (Å²) in [6, 6.07) is 11.5. The van der Waals surface area contributed by atoms with E-state index in [9.17, 15) is 12.8 Å². The maximum absolute atomic E-state index is 14.4. The topological polar surface area (TPSA) is 79.8 Å². The summed E-state index contributed by atoms with van der Waals surface area (Å²) in [4.78, 5) is 4.85. The van der Waals surface area contributed by atoms with Crippen LogP contribution in [0.1, 0.15) is 43.9 Å². The molecule has 9 heteroatoms. The van der Waals surface area contributed by atoms with Crippen LogP contribution in [0.3, 0.4) is 0 Å². The van der Waals surface area contributed by atoms with Gasteiger partial charge in [0.1, 0.15) is 0 Å². The lowest BCUT2D eigenvalue weighted by Crippen LogP contribution is -2.38. The van der Waals surface area contributed by atoms with E-state index in [-0.39, 0.29) is 40.7 Å². The molecule has 32 heavy (non-hydrogen) atoms. The van der Waals surface area contributed by atoms with Gasteiger partial charge in [0.15, 0.2) is 27.4 Å². The van der Waals surface area contributed by atoms with Gasteiger partial charge in [0.2, 0.25) is 0 Å². The summed E-state index contributed by atoms with van der Waals surface area (Å²) in [6.07, 6.45) is 3.51. The van der Waals surface area contributed by atoms with E-state index in [1.54, 1.807) is 30.3 Å². The van der Waals surface area contributed by atoms with E-state index in [0.29, 0.717) is 37.3 Å². The Morgan fingerprint density at radius 2 is 1.91 bits per heavy atom. The molecule has 1 atom stereocenters. The van der Waals surface area contributed by atoms with Crippen LogP contribution in [0.2, 0.25) is 0 Å². The Morgan fingerprint density at radius 3 is 2.47 bits per heavy atom. The van der Waals surface area contributed by atoms with Gasteiger partial charge >= 0.3 is 0 Å². The van der Waals surface area contributed by atoms with E-state index in [1.165, 1.54) is 12.3 Å². The maximum atomic E-state index is 14.4. The fourth-order valence-electron chi connectivity index (χ4n) is 3.02. The number of hydrogen-bond donors (Lipinski definition) is 2. The zero-order valence-electron chi connectivity index (χ0n) is 18.6. The molecule has 6 nitrogen and oxygen atoms in total. The van der Waals surface area contributed by atoms with Crippen LogP contribution in [0.5, 0.6) is 5.75 Å². The highest BCUT2D eigenvalue weighted by molar-refractivity contribution is 14.0. The molecule has 1 unspecified atom stereocenters. The molecular weight excluding hydrogens is 544 g/mol. The van der Waals surface area contributed by atoms with Gasteiger partial charge in [0.25, 0.3) is 0 Å². The van der Waals surface area contributed by atoms with Gasteiger partial charge in [-0.1, -0.05) is 18.2 Å². The first-order valence-corrected chi connectivity index (χ1v) is 12.4. The minimum Gasteiger partial charge on any atom is -0.490 e. The summed E-state index contributed by atoms with van der Waals surface area (Å²) in [5, 5.41) is 6.46. The standard InChI is InChI=1S/C23H30FN3O3S.HI/c1-4-25-23(26-14-17-7-10-20(11-8-17)31(3,28)29)27-16(2)19-9-12-22(21(24)13-19)30-15-18-5-6-18;/h7-13,16,18H,4-6,14-15H2,1-3H3,(H2,25,26,27);1H. The van der Waals surface area contributed by atoms with Gasteiger partial charge in [-0.3, -0.25) is 0 Å². The summed E-state index contributed by atoms with van der Waals surface area (Å²) in [7, 11) is -3.22. The van der Waals surface area contributed by atoms with Crippen molar-refractivity contribution in [1.82, 2.24) is 10.6 Å². The first-order valence-electron chi connectivity index (χ1n) is 10.5. The lowest BCUT2D eigenvalue weighted by molar-refractivity contribution is 0.285. The summed E-state index contributed by atoms with van der Waals surface area (Å²) < 4.78 is 43.1. The molecule has 2 aromatic rings. The number of ether oxygens (including phenoxy) is 1. The third-order valence-corrected chi connectivity index (χ3v) is 6.22. The average Bonchev–Trinajstić information content (AvgIpc) is 3.55. The molecule has 1 aliphatic carbocycles. The zero-order valence-corrected chi connectivity index (χ0v) is 21.7. The molecule has 1 aliphatic rings. The molecule has 1 fully saturated rings. The Hall–Kier alpha value is -1.88. The fraction of sp³-hybridized carbons (Fsp3) is 0.435. The van der Waals surface area contributed by atoms with Crippen molar-refractivity contribution < 1.29 is 17.5 Å². The number of hydrogen-bond acceptors (Lipinski definition) is 4. The Labute approximate surface area is 207 Å². The van der Waals surface area contributed by atoms with Crippen molar-refractivity contribution in [2.24, 2.45) is 10.9 Å². The highest BCUT2D eigenvalue weighted by atomic mass is 127. The fourth-order valence-corrected chi connectivity index (χ4v) is 3.65. The van der Waals surface area contributed by atoms with Crippen LogP contribution < -0.4 is 15.4 Å². The number of guanidine groups is 1. The molecule has 0 spiro atoms. The smallest absolute Gasteiger partial charge is 0.192 e. The normalized spacial score (nSPS) is 14.9. The molecule has 0 bridgehead atoms. The average molecular weight is 575 g/mol. The predicted octanol–water partition coefficient (Wildman–Crippen LogP) is 4.45. The third-order valence-electron chi connectivity index (χ3n) is 5.10. The van der Waals surface area contributed by atoms with Crippen LogP contribution in [0.25, 0.3) is 0 Å². The van der Waals surface area contributed by atoms with E-state index < -0.39 is 9.84 Å². The van der Waals surface area contributed by atoms with Gasteiger partial charge < -0.3 is 15.4 Å². The van der Waals surface area contributed by atoms with Gasteiger partial charge in [-0.15, -0.1) is 24.0 Å². The predicted molar refractivity (Wildman–Crippen MR) is 136 cm³/mol. The lowest BCUT2D eigenvalue weighted by Gasteiger charge is -2.19. The summed E-state index contributed by atoms with van der Waals surface area (Å²) in [5.74, 6) is 1.10. The zero-order chi connectivity index (χ0) is 22.4. The molecule has 0 heterocycles. The van der Waals surface area contributed by atoms with E-state index in [0.717, 1.165) is 24.0 Å². The quantitative estimate of drug-likeness (QED) is 0.263. The van der Waals surface area contributed by atoms with Gasteiger partial charge in [-0.25, -0.2) is 17.8 Å². The summed E-state index contributed by atoms with van der Waals surface area (Å²) in [6.45, 7) is 5.54. The molecule has 0 saturated heterocycles. The molecule has 0 aromatic heterocycles. The molecule has 2 aromatic carbocycles. The second kappa shape index (κ2) is 11.8. The van der Waals surface area contributed by atoms with Crippen LogP contribution in [-0.4, -0.2) is 33.8 Å². The number of aliphatic imine (C=N–C) groups is 1. The molecule has 2 N–H and O–H groups in total. The van der Waals surface area contributed by atoms with Crippen molar-refractivity contribution >= 4 is 39.8 Å². The molecule has 176 valence electrons. The second-order valence-corrected chi connectivity index (χ2v) is 9.94. The molecular formula is C23H31FIN3O3S.